The van der Waals surface area contributed by atoms with Crippen molar-refractivity contribution in [2.24, 2.45) is 5.92 Å². The summed E-state index contributed by atoms with van der Waals surface area (Å²) in [6.07, 6.45) is 4.75. The number of carbonyl (C=O) groups excluding carboxylic acids is 1. The van der Waals surface area contributed by atoms with E-state index in [1.54, 1.807) is 10.6 Å². The molecule has 1 aliphatic carbocycles. The Morgan fingerprint density at radius 1 is 1.00 bits per heavy atom. The Hall–Kier alpha value is -3.93. The monoisotopic (exact) mass is 509 g/mol. The quantitative estimate of drug-likeness (QED) is 0.273. The zero-order valence-corrected chi connectivity index (χ0v) is 22.2. The molecule has 6 heteroatoms. The minimum atomic E-state index is -0.393. The molecule has 5 rings (SSSR count). The molecule has 1 unspecified atom stereocenters. The van der Waals surface area contributed by atoms with Gasteiger partial charge < -0.3 is 9.64 Å². The van der Waals surface area contributed by atoms with Gasteiger partial charge in [-0.3, -0.25) is 14.2 Å². The van der Waals surface area contributed by atoms with E-state index >= 15 is 0 Å². The number of carbonyl (C=O) groups is 1. The van der Waals surface area contributed by atoms with Crippen molar-refractivity contribution in [1.82, 2.24) is 14.5 Å². The van der Waals surface area contributed by atoms with Crippen molar-refractivity contribution >= 4 is 16.8 Å². The maximum Gasteiger partial charge on any atom is 0.266 e. The lowest BCUT2D eigenvalue weighted by Crippen LogP contribution is -2.41. The van der Waals surface area contributed by atoms with Gasteiger partial charge in [0.05, 0.1) is 29.2 Å². The molecule has 1 fully saturated rings. The average Bonchev–Trinajstić information content (AvgIpc) is 3.50. The lowest BCUT2D eigenvalue weighted by Gasteiger charge is -2.32. The number of benzene rings is 3. The van der Waals surface area contributed by atoms with Crippen LogP contribution in [-0.4, -0.2) is 33.5 Å². The molecule has 38 heavy (non-hydrogen) atoms. The Labute approximate surface area is 223 Å². The van der Waals surface area contributed by atoms with Crippen LogP contribution in [0.3, 0.4) is 0 Å². The number of fused-ring (bicyclic) bond motifs is 1. The Bertz CT molecular complexity index is 1440. The van der Waals surface area contributed by atoms with Crippen LogP contribution in [0.25, 0.3) is 16.6 Å². The van der Waals surface area contributed by atoms with Crippen LogP contribution in [0.5, 0.6) is 5.75 Å². The van der Waals surface area contributed by atoms with Crippen LogP contribution in [0.2, 0.25) is 0 Å². The highest BCUT2D eigenvalue weighted by Gasteiger charge is 2.32. The van der Waals surface area contributed by atoms with Crippen molar-refractivity contribution in [3.63, 3.8) is 0 Å². The van der Waals surface area contributed by atoms with Gasteiger partial charge in [0.2, 0.25) is 5.91 Å². The number of ether oxygens (including phenoxy) is 1. The maximum atomic E-state index is 13.9. The van der Waals surface area contributed by atoms with Crippen molar-refractivity contribution in [3.8, 4) is 11.4 Å². The zero-order valence-electron chi connectivity index (χ0n) is 22.2. The fourth-order valence-electron chi connectivity index (χ4n) is 5.47. The van der Waals surface area contributed by atoms with E-state index < -0.39 is 6.04 Å². The highest BCUT2D eigenvalue weighted by molar-refractivity contribution is 5.80. The van der Waals surface area contributed by atoms with Gasteiger partial charge in [0.15, 0.2) is 0 Å². The number of amides is 1. The van der Waals surface area contributed by atoms with Gasteiger partial charge in [-0.25, -0.2) is 4.98 Å². The molecular weight excluding hydrogens is 474 g/mol. The zero-order chi connectivity index (χ0) is 26.5. The third kappa shape index (κ3) is 5.35. The van der Waals surface area contributed by atoms with Crippen LogP contribution in [0.1, 0.15) is 57.0 Å². The first kappa shape index (κ1) is 25.7. The van der Waals surface area contributed by atoms with Gasteiger partial charge in [-0.1, -0.05) is 55.3 Å². The van der Waals surface area contributed by atoms with E-state index in [1.165, 1.54) is 5.56 Å². The molecule has 6 nitrogen and oxygen atoms in total. The van der Waals surface area contributed by atoms with Gasteiger partial charge in [-0.15, -0.1) is 0 Å². The fraction of sp³-hybridized carbons (Fsp3) is 0.344. The minimum Gasteiger partial charge on any atom is -0.494 e. The molecular formula is C32H35N3O3. The molecule has 0 bridgehead atoms. The second kappa shape index (κ2) is 11.6. The second-order valence-electron chi connectivity index (χ2n) is 9.98. The standard InChI is InChI=1S/C32H35N3O3/c1-3-38-27-19-17-26(18-20-27)35-30(33-29-16-10-9-15-28(29)32(35)37)23(2)34(31(36)25-13-7-8-14-25)22-21-24-11-5-4-6-12-24/h4-6,9-12,15-20,23,25H,3,7-8,13-14,21-22H2,1-2H3. The summed E-state index contributed by atoms with van der Waals surface area (Å²) in [4.78, 5) is 34.7. The van der Waals surface area contributed by atoms with Gasteiger partial charge in [0, 0.05) is 12.5 Å². The highest BCUT2D eigenvalue weighted by atomic mass is 16.5. The van der Waals surface area contributed by atoms with Crippen LogP contribution in [0.4, 0.5) is 0 Å². The first-order chi connectivity index (χ1) is 18.6. The Balaban J connectivity index is 1.59. The molecule has 0 N–H and O–H groups in total. The SMILES string of the molecule is CCOc1ccc(-n2c(C(C)N(CCc3ccccc3)C(=O)C3CCCC3)nc3ccccc3c2=O)cc1. The molecule has 0 saturated heterocycles. The molecule has 1 amide bonds. The summed E-state index contributed by atoms with van der Waals surface area (Å²) in [5.41, 5.74) is 2.38. The van der Waals surface area contributed by atoms with Crippen molar-refractivity contribution in [3.05, 3.63) is 101 Å². The Morgan fingerprint density at radius 3 is 2.39 bits per heavy atom. The van der Waals surface area contributed by atoms with E-state index in [-0.39, 0.29) is 17.4 Å². The molecule has 196 valence electrons. The average molecular weight is 510 g/mol. The van der Waals surface area contributed by atoms with Crippen LogP contribution in [-0.2, 0) is 11.2 Å². The minimum absolute atomic E-state index is 0.0272. The number of hydrogen-bond donors (Lipinski definition) is 0. The van der Waals surface area contributed by atoms with E-state index in [1.807, 2.05) is 79.4 Å². The molecule has 1 aliphatic rings. The van der Waals surface area contributed by atoms with Crippen molar-refractivity contribution < 1.29 is 9.53 Å². The van der Waals surface area contributed by atoms with Crippen LogP contribution in [0.15, 0.2) is 83.7 Å². The van der Waals surface area contributed by atoms with E-state index in [4.69, 9.17) is 9.72 Å². The number of aromatic nitrogens is 2. The van der Waals surface area contributed by atoms with Crippen molar-refractivity contribution in [2.45, 2.75) is 52.0 Å². The molecule has 1 aromatic heterocycles. The summed E-state index contributed by atoms with van der Waals surface area (Å²) >= 11 is 0. The summed E-state index contributed by atoms with van der Waals surface area (Å²) in [7, 11) is 0. The molecule has 0 spiro atoms. The summed E-state index contributed by atoms with van der Waals surface area (Å²) in [5.74, 6) is 1.50. The maximum absolute atomic E-state index is 13.9. The third-order valence-electron chi connectivity index (χ3n) is 7.52. The Kier molecular flexibility index (Phi) is 7.87. The first-order valence-electron chi connectivity index (χ1n) is 13.7. The second-order valence-corrected chi connectivity index (χ2v) is 9.98. The van der Waals surface area contributed by atoms with Gasteiger partial charge in [-0.2, -0.15) is 0 Å². The van der Waals surface area contributed by atoms with E-state index in [9.17, 15) is 9.59 Å². The summed E-state index contributed by atoms with van der Waals surface area (Å²) in [6, 6.07) is 24.7. The number of nitrogens with zero attached hydrogens (tertiary/aromatic N) is 3. The van der Waals surface area contributed by atoms with Gasteiger partial charge in [0.1, 0.15) is 11.6 Å². The van der Waals surface area contributed by atoms with Crippen molar-refractivity contribution in [1.29, 1.82) is 0 Å². The number of rotatable bonds is 9. The molecule has 0 aliphatic heterocycles. The first-order valence-corrected chi connectivity index (χ1v) is 13.7. The fourth-order valence-corrected chi connectivity index (χ4v) is 5.47. The van der Waals surface area contributed by atoms with E-state index in [0.717, 1.165) is 37.9 Å². The predicted molar refractivity (Wildman–Crippen MR) is 151 cm³/mol. The van der Waals surface area contributed by atoms with Crippen LogP contribution >= 0.6 is 0 Å². The lowest BCUT2D eigenvalue weighted by molar-refractivity contribution is -0.137. The van der Waals surface area contributed by atoms with Crippen LogP contribution < -0.4 is 10.3 Å². The molecule has 0 radical (unpaired) electrons. The van der Waals surface area contributed by atoms with Crippen LogP contribution in [0, 0.1) is 5.92 Å². The summed E-state index contributed by atoms with van der Waals surface area (Å²) < 4.78 is 7.29. The topological polar surface area (TPSA) is 64.4 Å². The molecule has 3 aromatic carbocycles. The molecule has 4 aromatic rings. The van der Waals surface area contributed by atoms with Gasteiger partial charge >= 0.3 is 0 Å². The molecule has 1 saturated carbocycles. The third-order valence-corrected chi connectivity index (χ3v) is 7.52. The van der Waals surface area contributed by atoms with Gasteiger partial charge in [-0.05, 0) is 75.1 Å². The molecule has 1 heterocycles. The highest BCUT2D eigenvalue weighted by Crippen LogP contribution is 2.31. The predicted octanol–water partition coefficient (Wildman–Crippen LogP) is 6.11. The normalized spacial score (nSPS) is 14.5. The molecule has 1 atom stereocenters. The smallest absolute Gasteiger partial charge is 0.266 e. The largest absolute Gasteiger partial charge is 0.494 e. The van der Waals surface area contributed by atoms with Crippen molar-refractivity contribution in [2.75, 3.05) is 13.2 Å². The lowest BCUT2D eigenvalue weighted by atomic mass is 10.0. The number of hydrogen-bond acceptors (Lipinski definition) is 4. The van der Waals surface area contributed by atoms with E-state index in [0.29, 0.717) is 35.6 Å². The number of para-hydroxylation sites is 1. The summed E-state index contributed by atoms with van der Waals surface area (Å²) in [5, 5.41) is 0.551. The Morgan fingerprint density at radius 2 is 1.68 bits per heavy atom. The summed E-state index contributed by atoms with van der Waals surface area (Å²) in [6.45, 7) is 5.07. The van der Waals surface area contributed by atoms with E-state index in [2.05, 4.69) is 12.1 Å². The van der Waals surface area contributed by atoms with Gasteiger partial charge in [0.25, 0.3) is 5.56 Å².